The molecule has 4 rings (SSSR count). The number of carbonyl (C=O) groups is 1. The van der Waals surface area contributed by atoms with Gasteiger partial charge in [-0.25, -0.2) is 8.42 Å². The molecule has 29 heavy (non-hydrogen) atoms. The van der Waals surface area contributed by atoms with Gasteiger partial charge in [0.15, 0.2) is 6.10 Å². The van der Waals surface area contributed by atoms with E-state index in [1.165, 1.54) is 29.6 Å². The molecule has 9 heteroatoms. The average Bonchev–Trinajstić information content (AvgIpc) is 3.19. The van der Waals surface area contributed by atoms with E-state index in [-0.39, 0.29) is 16.5 Å². The number of carbonyl (C=O) groups excluding carboxylic acids is 1. The Morgan fingerprint density at radius 2 is 1.93 bits per heavy atom. The van der Waals surface area contributed by atoms with Crippen LogP contribution in [0.5, 0.6) is 11.5 Å². The van der Waals surface area contributed by atoms with Crippen LogP contribution >= 0.6 is 0 Å². The number of nitrogens with zero attached hydrogens (tertiary/aromatic N) is 1. The lowest BCUT2D eigenvalue weighted by Gasteiger charge is -2.26. The Balaban J connectivity index is 1.55. The van der Waals surface area contributed by atoms with Crippen molar-refractivity contribution in [1.29, 1.82) is 0 Å². The molecule has 0 bridgehead atoms. The SMILES string of the molecule is COc1ccc(S(=O)(=O)N2CCOCC2)cc1NC(=O)[C@H]1Cc2ccccc2O1. The van der Waals surface area contributed by atoms with Crippen molar-refractivity contribution in [3.05, 3.63) is 48.0 Å². The number of sulfonamides is 1. The predicted molar refractivity (Wildman–Crippen MR) is 106 cm³/mol. The van der Waals surface area contributed by atoms with Crippen LogP contribution in [0, 0.1) is 0 Å². The Morgan fingerprint density at radius 1 is 1.17 bits per heavy atom. The van der Waals surface area contributed by atoms with E-state index < -0.39 is 16.1 Å². The van der Waals surface area contributed by atoms with Gasteiger partial charge in [0.25, 0.3) is 5.91 Å². The van der Waals surface area contributed by atoms with Gasteiger partial charge in [0.05, 0.1) is 30.9 Å². The Labute approximate surface area is 169 Å². The molecule has 1 saturated heterocycles. The van der Waals surface area contributed by atoms with Gasteiger partial charge in [0.1, 0.15) is 11.5 Å². The number of ether oxygens (including phenoxy) is 3. The summed E-state index contributed by atoms with van der Waals surface area (Å²) in [4.78, 5) is 12.8. The highest BCUT2D eigenvalue weighted by atomic mass is 32.2. The lowest BCUT2D eigenvalue weighted by molar-refractivity contribution is -0.122. The monoisotopic (exact) mass is 418 g/mol. The number of hydrogen-bond acceptors (Lipinski definition) is 6. The molecule has 0 aromatic heterocycles. The number of nitrogens with one attached hydrogen (secondary N) is 1. The molecule has 2 aromatic rings. The second-order valence-electron chi connectivity index (χ2n) is 6.79. The van der Waals surface area contributed by atoms with Crippen LogP contribution in [0.3, 0.4) is 0 Å². The zero-order chi connectivity index (χ0) is 20.4. The molecule has 2 aliphatic heterocycles. The highest BCUT2D eigenvalue weighted by molar-refractivity contribution is 7.89. The first kappa shape index (κ1) is 19.7. The van der Waals surface area contributed by atoms with E-state index in [0.717, 1.165) is 5.56 Å². The van der Waals surface area contributed by atoms with E-state index in [9.17, 15) is 13.2 Å². The molecule has 1 atom stereocenters. The Bertz CT molecular complexity index is 992. The minimum absolute atomic E-state index is 0.0890. The largest absolute Gasteiger partial charge is 0.495 e. The van der Waals surface area contributed by atoms with E-state index in [0.29, 0.717) is 44.2 Å². The summed E-state index contributed by atoms with van der Waals surface area (Å²) < 4.78 is 43.5. The molecule has 154 valence electrons. The summed E-state index contributed by atoms with van der Waals surface area (Å²) in [5.74, 6) is 0.693. The van der Waals surface area contributed by atoms with Gasteiger partial charge in [0.2, 0.25) is 10.0 Å². The van der Waals surface area contributed by atoms with Crippen molar-refractivity contribution in [2.45, 2.75) is 17.4 Å². The topological polar surface area (TPSA) is 94.2 Å². The molecular formula is C20H22N2O6S. The fourth-order valence-corrected chi connectivity index (χ4v) is 4.86. The first-order valence-electron chi connectivity index (χ1n) is 9.30. The van der Waals surface area contributed by atoms with Crippen LogP contribution in [0.1, 0.15) is 5.56 Å². The van der Waals surface area contributed by atoms with Crippen LogP contribution in [-0.2, 0) is 26.0 Å². The molecule has 2 aliphatic rings. The minimum atomic E-state index is -3.69. The Kier molecular flexibility index (Phi) is 5.44. The summed E-state index contributed by atoms with van der Waals surface area (Å²) in [7, 11) is -2.23. The minimum Gasteiger partial charge on any atom is -0.495 e. The van der Waals surface area contributed by atoms with Gasteiger partial charge in [-0.2, -0.15) is 4.31 Å². The van der Waals surface area contributed by atoms with Crippen molar-refractivity contribution < 1.29 is 27.4 Å². The van der Waals surface area contributed by atoms with Crippen LogP contribution in [0.25, 0.3) is 0 Å². The fraction of sp³-hybridized carbons (Fsp3) is 0.350. The van der Waals surface area contributed by atoms with Crippen molar-refractivity contribution >= 4 is 21.6 Å². The third-order valence-electron chi connectivity index (χ3n) is 4.98. The molecule has 1 N–H and O–H groups in total. The molecule has 0 radical (unpaired) electrons. The molecule has 2 aromatic carbocycles. The molecule has 0 unspecified atom stereocenters. The summed E-state index contributed by atoms with van der Waals surface area (Å²) in [5.41, 5.74) is 1.25. The smallest absolute Gasteiger partial charge is 0.265 e. The van der Waals surface area contributed by atoms with Crippen LogP contribution in [0.15, 0.2) is 47.4 Å². The van der Waals surface area contributed by atoms with E-state index >= 15 is 0 Å². The third kappa shape index (κ3) is 3.93. The molecular weight excluding hydrogens is 396 g/mol. The van der Waals surface area contributed by atoms with Crippen molar-refractivity contribution in [1.82, 2.24) is 4.31 Å². The van der Waals surface area contributed by atoms with E-state index in [1.807, 2.05) is 24.3 Å². The predicted octanol–water partition coefficient (Wildman–Crippen LogP) is 1.66. The standard InChI is InChI=1S/C20H22N2O6S/c1-26-18-7-6-15(29(24,25)22-8-10-27-11-9-22)13-16(18)21-20(23)19-12-14-4-2-3-5-17(14)28-19/h2-7,13,19H,8-12H2,1H3,(H,21,23)/t19-/m1/s1. The molecule has 1 amide bonds. The molecule has 0 spiro atoms. The molecule has 1 fully saturated rings. The van der Waals surface area contributed by atoms with Crippen molar-refractivity contribution in [3.63, 3.8) is 0 Å². The van der Waals surface area contributed by atoms with Crippen molar-refractivity contribution in [3.8, 4) is 11.5 Å². The number of rotatable bonds is 5. The van der Waals surface area contributed by atoms with Gasteiger partial charge < -0.3 is 19.5 Å². The lowest BCUT2D eigenvalue weighted by atomic mass is 10.1. The second kappa shape index (κ2) is 8.02. The normalized spacial score (nSPS) is 19.3. The first-order valence-corrected chi connectivity index (χ1v) is 10.7. The van der Waals surface area contributed by atoms with Crippen LogP contribution in [0.4, 0.5) is 5.69 Å². The Morgan fingerprint density at radius 3 is 2.66 bits per heavy atom. The Hall–Kier alpha value is -2.62. The van der Waals surface area contributed by atoms with E-state index in [2.05, 4.69) is 5.32 Å². The number of hydrogen-bond donors (Lipinski definition) is 1. The van der Waals surface area contributed by atoms with Gasteiger partial charge in [-0.3, -0.25) is 4.79 Å². The molecule has 2 heterocycles. The average molecular weight is 418 g/mol. The number of fused-ring (bicyclic) bond motifs is 1. The number of benzene rings is 2. The highest BCUT2D eigenvalue weighted by Crippen LogP contribution is 2.32. The number of anilines is 1. The maximum absolute atomic E-state index is 12.9. The molecule has 0 saturated carbocycles. The van der Waals surface area contributed by atoms with E-state index in [1.54, 1.807) is 0 Å². The van der Waals surface area contributed by atoms with Gasteiger partial charge in [-0.05, 0) is 29.8 Å². The number of para-hydroxylation sites is 1. The molecule has 8 nitrogen and oxygen atoms in total. The van der Waals surface area contributed by atoms with Gasteiger partial charge in [-0.1, -0.05) is 18.2 Å². The summed E-state index contributed by atoms with van der Waals surface area (Å²) in [6.07, 6.45) is -0.229. The van der Waals surface area contributed by atoms with Crippen LogP contribution < -0.4 is 14.8 Å². The summed E-state index contributed by atoms with van der Waals surface area (Å²) in [6.45, 7) is 1.31. The zero-order valence-corrected chi connectivity index (χ0v) is 16.8. The van der Waals surface area contributed by atoms with Gasteiger partial charge in [0, 0.05) is 19.5 Å². The maximum Gasteiger partial charge on any atom is 0.265 e. The van der Waals surface area contributed by atoms with Crippen LogP contribution in [-0.4, -0.2) is 58.1 Å². The second-order valence-corrected chi connectivity index (χ2v) is 8.72. The molecule has 0 aliphatic carbocycles. The number of methoxy groups -OCH3 is 1. The van der Waals surface area contributed by atoms with E-state index in [4.69, 9.17) is 14.2 Å². The number of morpholine rings is 1. The summed E-state index contributed by atoms with van der Waals surface area (Å²) in [6, 6.07) is 11.9. The first-order chi connectivity index (χ1) is 14.0. The zero-order valence-electron chi connectivity index (χ0n) is 16.0. The lowest BCUT2D eigenvalue weighted by Crippen LogP contribution is -2.40. The van der Waals surface area contributed by atoms with Crippen molar-refractivity contribution in [2.75, 3.05) is 38.7 Å². The van der Waals surface area contributed by atoms with Gasteiger partial charge >= 0.3 is 0 Å². The maximum atomic E-state index is 12.9. The summed E-state index contributed by atoms with van der Waals surface area (Å²) in [5, 5.41) is 2.76. The van der Waals surface area contributed by atoms with Crippen molar-refractivity contribution in [2.24, 2.45) is 0 Å². The van der Waals surface area contributed by atoms with Gasteiger partial charge in [-0.15, -0.1) is 0 Å². The van der Waals surface area contributed by atoms with Crippen LogP contribution in [0.2, 0.25) is 0 Å². The third-order valence-corrected chi connectivity index (χ3v) is 6.87. The number of amides is 1. The highest BCUT2D eigenvalue weighted by Gasteiger charge is 2.31. The fourth-order valence-electron chi connectivity index (χ4n) is 3.42. The summed E-state index contributed by atoms with van der Waals surface area (Å²) >= 11 is 0. The quantitative estimate of drug-likeness (QED) is 0.794.